The lowest BCUT2D eigenvalue weighted by molar-refractivity contribution is 0.0591. The number of para-hydroxylation sites is 1. The molecule has 0 unspecified atom stereocenters. The van der Waals surface area contributed by atoms with Crippen molar-refractivity contribution in [1.29, 1.82) is 5.26 Å². The van der Waals surface area contributed by atoms with Crippen molar-refractivity contribution in [2.24, 2.45) is 0 Å². The van der Waals surface area contributed by atoms with Crippen LogP contribution >= 0.6 is 0 Å². The second-order valence-electron chi connectivity index (χ2n) is 6.05. The molecule has 1 heterocycles. The molecule has 0 atom stereocenters. The van der Waals surface area contributed by atoms with Gasteiger partial charge in [-0.05, 0) is 44.2 Å². The zero-order chi connectivity index (χ0) is 16.4. The van der Waals surface area contributed by atoms with E-state index >= 15 is 0 Å². The lowest BCUT2D eigenvalue weighted by Gasteiger charge is -2.17. The molecular formula is C18H17N3O2. The monoisotopic (exact) mass is 307 g/mol. The zero-order valence-corrected chi connectivity index (χ0v) is 13.0. The summed E-state index contributed by atoms with van der Waals surface area (Å²) in [5.41, 5.74) is 0.582. The summed E-state index contributed by atoms with van der Waals surface area (Å²) < 4.78 is 7.58. The number of nitriles is 1. The first kappa shape index (κ1) is 15.1. The number of hydrogen-bond acceptors (Lipinski definition) is 4. The van der Waals surface area contributed by atoms with Crippen molar-refractivity contribution in [3.05, 3.63) is 54.2 Å². The molecule has 3 aromatic rings. The third-order valence-electron chi connectivity index (χ3n) is 3.39. The highest BCUT2D eigenvalue weighted by Crippen LogP contribution is 2.28. The average molecular weight is 307 g/mol. The summed E-state index contributed by atoms with van der Waals surface area (Å²) in [5.74, 6) is 1.17. The van der Waals surface area contributed by atoms with E-state index in [1.165, 1.54) is 0 Å². The standard InChI is InChI=1S/C18H17N3O2/c1-18(2,22)12-21-16-8-7-15(9-14(16)11-20-21)23-17-6-4-3-5-13(17)10-19/h3-9,11,22H,12H2,1-2H3. The van der Waals surface area contributed by atoms with Gasteiger partial charge in [0.15, 0.2) is 0 Å². The van der Waals surface area contributed by atoms with Crippen LogP contribution in [-0.4, -0.2) is 20.5 Å². The van der Waals surface area contributed by atoms with Gasteiger partial charge in [-0.15, -0.1) is 0 Å². The number of fused-ring (bicyclic) bond motifs is 1. The third-order valence-corrected chi connectivity index (χ3v) is 3.39. The highest BCUT2D eigenvalue weighted by Gasteiger charge is 2.16. The SMILES string of the molecule is CC(C)(O)Cn1ncc2cc(Oc3ccccc3C#N)ccc21. The minimum atomic E-state index is -0.833. The Balaban J connectivity index is 1.91. The lowest BCUT2D eigenvalue weighted by atomic mass is 10.1. The summed E-state index contributed by atoms with van der Waals surface area (Å²) in [7, 11) is 0. The van der Waals surface area contributed by atoms with Gasteiger partial charge in [-0.2, -0.15) is 10.4 Å². The summed E-state index contributed by atoms with van der Waals surface area (Å²) >= 11 is 0. The normalized spacial score (nSPS) is 11.4. The maximum absolute atomic E-state index is 9.94. The van der Waals surface area contributed by atoms with E-state index in [-0.39, 0.29) is 0 Å². The Morgan fingerprint density at radius 1 is 1.26 bits per heavy atom. The first-order valence-electron chi connectivity index (χ1n) is 7.31. The molecule has 0 aliphatic rings. The minimum Gasteiger partial charge on any atom is -0.456 e. The van der Waals surface area contributed by atoms with Crippen molar-refractivity contribution in [2.45, 2.75) is 26.0 Å². The number of hydrogen-bond donors (Lipinski definition) is 1. The van der Waals surface area contributed by atoms with Crippen LogP contribution in [0.3, 0.4) is 0 Å². The number of aromatic nitrogens is 2. The fourth-order valence-corrected chi connectivity index (χ4v) is 2.40. The highest BCUT2D eigenvalue weighted by atomic mass is 16.5. The maximum Gasteiger partial charge on any atom is 0.145 e. The molecule has 5 nitrogen and oxygen atoms in total. The van der Waals surface area contributed by atoms with Crippen molar-refractivity contribution in [1.82, 2.24) is 9.78 Å². The van der Waals surface area contributed by atoms with Crippen LogP contribution in [0.25, 0.3) is 10.9 Å². The van der Waals surface area contributed by atoms with Gasteiger partial charge in [-0.25, -0.2) is 0 Å². The van der Waals surface area contributed by atoms with Crippen molar-refractivity contribution in [3.63, 3.8) is 0 Å². The van der Waals surface area contributed by atoms with Crippen LogP contribution in [0.4, 0.5) is 0 Å². The Bertz CT molecular complexity index is 885. The van der Waals surface area contributed by atoms with Gasteiger partial charge in [0.2, 0.25) is 0 Å². The minimum absolute atomic E-state index is 0.411. The molecule has 5 heteroatoms. The quantitative estimate of drug-likeness (QED) is 0.801. The van der Waals surface area contributed by atoms with Gasteiger partial charge in [-0.3, -0.25) is 4.68 Å². The molecule has 0 bridgehead atoms. The van der Waals surface area contributed by atoms with E-state index in [4.69, 9.17) is 10.00 Å². The number of ether oxygens (including phenoxy) is 1. The predicted molar refractivity (Wildman–Crippen MR) is 87.3 cm³/mol. The van der Waals surface area contributed by atoms with E-state index in [2.05, 4.69) is 11.2 Å². The topological polar surface area (TPSA) is 71.1 Å². The largest absolute Gasteiger partial charge is 0.456 e. The summed E-state index contributed by atoms with van der Waals surface area (Å²) in [5, 5.41) is 24.3. The van der Waals surface area contributed by atoms with Crippen LogP contribution in [0.15, 0.2) is 48.7 Å². The van der Waals surface area contributed by atoms with E-state index in [1.807, 2.05) is 24.3 Å². The summed E-state index contributed by atoms with van der Waals surface area (Å²) in [6.45, 7) is 3.90. The smallest absolute Gasteiger partial charge is 0.145 e. The molecule has 0 aliphatic heterocycles. The summed E-state index contributed by atoms with van der Waals surface area (Å²) in [4.78, 5) is 0. The van der Waals surface area contributed by atoms with Crippen LogP contribution in [0.2, 0.25) is 0 Å². The predicted octanol–water partition coefficient (Wildman–Crippen LogP) is 3.47. The van der Waals surface area contributed by atoms with E-state index < -0.39 is 5.60 Å². The Labute approximate surface area is 134 Å². The number of aliphatic hydroxyl groups is 1. The molecule has 0 aliphatic carbocycles. The molecule has 116 valence electrons. The third kappa shape index (κ3) is 3.33. The van der Waals surface area contributed by atoms with Gasteiger partial charge in [0.1, 0.15) is 17.6 Å². The molecule has 0 saturated carbocycles. The second-order valence-corrected chi connectivity index (χ2v) is 6.05. The van der Waals surface area contributed by atoms with Crippen molar-refractivity contribution in [3.8, 4) is 17.6 Å². The molecule has 0 amide bonds. The zero-order valence-electron chi connectivity index (χ0n) is 13.0. The second kappa shape index (κ2) is 5.75. The van der Waals surface area contributed by atoms with E-state index in [0.29, 0.717) is 23.6 Å². The maximum atomic E-state index is 9.94. The van der Waals surface area contributed by atoms with Crippen molar-refractivity contribution >= 4 is 10.9 Å². The molecule has 0 spiro atoms. The van der Waals surface area contributed by atoms with E-state index in [0.717, 1.165) is 10.9 Å². The van der Waals surface area contributed by atoms with Crippen molar-refractivity contribution in [2.75, 3.05) is 0 Å². The molecule has 1 N–H and O–H groups in total. The molecule has 1 aromatic heterocycles. The number of nitrogens with zero attached hydrogens (tertiary/aromatic N) is 3. The van der Waals surface area contributed by atoms with Gasteiger partial charge in [0.25, 0.3) is 0 Å². The molecule has 0 radical (unpaired) electrons. The molecule has 0 fully saturated rings. The van der Waals surface area contributed by atoms with Gasteiger partial charge in [-0.1, -0.05) is 12.1 Å². The average Bonchev–Trinajstić information content (AvgIpc) is 2.88. The Hall–Kier alpha value is -2.84. The van der Waals surface area contributed by atoms with E-state index in [1.54, 1.807) is 42.9 Å². The molecule has 0 saturated heterocycles. The first-order valence-corrected chi connectivity index (χ1v) is 7.31. The lowest BCUT2D eigenvalue weighted by Crippen LogP contribution is -2.26. The molecule has 2 aromatic carbocycles. The van der Waals surface area contributed by atoms with Gasteiger partial charge in [0.05, 0.1) is 29.4 Å². The Kier molecular flexibility index (Phi) is 3.77. The van der Waals surface area contributed by atoms with Crippen LogP contribution in [0, 0.1) is 11.3 Å². The van der Waals surface area contributed by atoms with E-state index in [9.17, 15) is 5.11 Å². The highest BCUT2D eigenvalue weighted by molar-refractivity contribution is 5.80. The fraction of sp³-hybridized carbons (Fsp3) is 0.222. The van der Waals surface area contributed by atoms with Crippen LogP contribution < -0.4 is 4.74 Å². The van der Waals surface area contributed by atoms with Crippen molar-refractivity contribution < 1.29 is 9.84 Å². The van der Waals surface area contributed by atoms with Crippen LogP contribution in [0.5, 0.6) is 11.5 Å². The van der Waals surface area contributed by atoms with Crippen LogP contribution in [-0.2, 0) is 6.54 Å². The van der Waals surface area contributed by atoms with Gasteiger partial charge >= 0.3 is 0 Å². The molecular weight excluding hydrogens is 290 g/mol. The Morgan fingerprint density at radius 3 is 2.78 bits per heavy atom. The summed E-state index contributed by atoms with van der Waals surface area (Å²) in [6.07, 6.45) is 1.74. The summed E-state index contributed by atoms with van der Waals surface area (Å²) in [6, 6.07) is 14.8. The number of benzene rings is 2. The number of rotatable bonds is 4. The molecule has 3 rings (SSSR count). The van der Waals surface area contributed by atoms with Gasteiger partial charge < -0.3 is 9.84 Å². The fourth-order valence-electron chi connectivity index (χ4n) is 2.40. The van der Waals surface area contributed by atoms with Gasteiger partial charge in [0, 0.05) is 5.39 Å². The first-order chi connectivity index (χ1) is 11.0. The Morgan fingerprint density at radius 2 is 2.04 bits per heavy atom. The molecule has 23 heavy (non-hydrogen) atoms. The van der Waals surface area contributed by atoms with Crippen LogP contribution in [0.1, 0.15) is 19.4 Å².